The number of hydrogen-bond acceptors (Lipinski definition) is 4. The fourth-order valence-corrected chi connectivity index (χ4v) is 3.25. The summed E-state index contributed by atoms with van der Waals surface area (Å²) in [6.07, 6.45) is 7.03. The first-order chi connectivity index (χ1) is 9.11. The first kappa shape index (κ1) is 14.6. The largest absolute Gasteiger partial charge is 0.356 e. The van der Waals surface area contributed by atoms with E-state index in [4.69, 9.17) is 0 Å². The van der Waals surface area contributed by atoms with Crippen LogP contribution in [0.25, 0.3) is 0 Å². The van der Waals surface area contributed by atoms with E-state index in [1.54, 1.807) is 0 Å². The van der Waals surface area contributed by atoms with E-state index in [1.807, 2.05) is 6.20 Å². The molecule has 5 heteroatoms. The summed E-state index contributed by atoms with van der Waals surface area (Å²) in [5, 5.41) is 3.17. The summed E-state index contributed by atoms with van der Waals surface area (Å²) in [6.45, 7) is 5.24. The van der Waals surface area contributed by atoms with Gasteiger partial charge in [-0.3, -0.25) is 0 Å². The Hall–Kier alpha value is -0.840. The minimum absolute atomic E-state index is 0.587. The van der Waals surface area contributed by atoms with Crippen LogP contribution in [0.2, 0.25) is 0 Å². The van der Waals surface area contributed by atoms with Gasteiger partial charge < -0.3 is 10.2 Å². The summed E-state index contributed by atoms with van der Waals surface area (Å²) in [5.41, 5.74) is 0. The van der Waals surface area contributed by atoms with Gasteiger partial charge in [0.2, 0.25) is 5.95 Å². The van der Waals surface area contributed by atoms with E-state index in [0.29, 0.717) is 12.0 Å². The van der Waals surface area contributed by atoms with E-state index in [-0.39, 0.29) is 0 Å². The van der Waals surface area contributed by atoms with E-state index in [9.17, 15) is 0 Å². The topological polar surface area (TPSA) is 41.1 Å². The molecule has 19 heavy (non-hydrogen) atoms. The molecule has 1 aliphatic rings. The highest BCUT2D eigenvalue weighted by atomic mass is 79.9. The molecule has 1 aromatic rings. The van der Waals surface area contributed by atoms with Gasteiger partial charge in [-0.1, -0.05) is 19.8 Å². The summed E-state index contributed by atoms with van der Waals surface area (Å²) in [6, 6.07) is 0.587. The SMILES string of the molecule is CCNc1ncc(Br)c(N(C)C2CCCC(C)C2)n1. The van der Waals surface area contributed by atoms with Gasteiger partial charge in [0.15, 0.2) is 0 Å². The minimum Gasteiger partial charge on any atom is -0.356 e. The van der Waals surface area contributed by atoms with Crippen LogP contribution in [0.15, 0.2) is 10.7 Å². The third-order valence-electron chi connectivity index (χ3n) is 3.85. The van der Waals surface area contributed by atoms with Gasteiger partial charge in [-0.15, -0.1) is 0 Å². The average molecular weight is 327 g/mol. The molecule has 0 spiro atoms. The molecule has 1 saturated carbocycles. The standard InChI is InChI=1S/C14H23BrN4/c1-4-16-14-17-9-12(15)13(18-14)19(3)11-7-5-6-10(2)8-11/h9-11H,4-8H2,1-3H3,(H,16,17,18). The van der Waals surface area contributed by atoms with E-state index in [1.165, 1.54) is 25.7 Å². The Bertz CT molecular complexity index is 424. The highest BCUT2D eigenvalue weighted by Crippen LogP contribution is 2.32. The molecule has 1 aliphatic carbocycles. The highest BCUT2D eigenvalue weighted by Gasteiger charge is 2.24. The summed E-state index contributed by atoms with van der Waals surface area (Å²) < 4.78 is 0.967. The Kier molecular flexibility index (Phi) is 5.02. The lowest BCUT2D eigenvalue weighted by Gasteiger charge is -2.35. The predicted octanol–water partition coefficient (Wildman–Crippen LogP) is 3.69. The van der Waals surface area contributed by atoms with Gasteiger partial charge in [0, 0.05) is 25.8 Å². The maximum Gasteiger partial charge on any atom is 0.224 e. The zero-order valence-electron chi connectivity index (χ0n) is 12.0. The second kappa shape index (κ2) is 6.55. The molecule has 0 amide bonds. The molecule has 0 saturated heterocycles. The van der Waals surface area contributed by atoms with Gasteiger partial charge in [0.25, 0.3) is 0 Å². The van der Waals surface area contributed by atoms with Crippen LogP contribution in [0.5, 0.6) is 0 Å². The van der Waals surface area contributed by atoms with Gasteiger partial charge in [0.05, 0.1) is 4.47 Å². The van der Waals surface area contributed by atoms with Crippen LogP contribution in [0.4, 0.5) is 11.8 Å². The van der Waals surface area contributed by atoms with Crippen molar-refractivity contribution in [3.8, 4) is 0 Å². The lowest BCUT2D eigenvalue weighted by molar-refractivity contribution is 0.335. The van der Waals surface area contributed by atoms with Crippen molar-refractivity contribution in [3.05, 3.63) is 10.7 Å². The molecular formula is C14H23BrN4. The van der Waals surface area contributed by atoms with Crippen molar-refractivity contribution < 1.29 is 0 Å². The Morgan fingerprint density at radius 1 is 1.47 bits per heavy atom. The van der Waals surface area contributed by atoms with Crippen molar-refractivity contribution >= 4 is 27.7 Å². The molecule has 2 atom stereocenters. The maximum atomic E-state index is 4.62. The molecule has 0 bridgehead atoms. The van der Waals surface area contributed by atoms with E-state index >= 15 is 0 Å². The van der Waals surface area contributed by atoms with Crippen LogP contribution in [0.1, 0.15) is 39.5 Å². The van der Waals surface area contributed by atoms with Crippen LogP contribution < -0.4 is 10.2 Å². The van der Waals surface area contributed by atoms with Crippen LogP contribution in [-0.4, -0.2) is 29.6 Å². The van der Waals surface area contributed by atoms with Crippen molar-refractivity contribution in [1.82, 2.24) is 9.97 Å². The molecule has 106 valence electrons. The van der Waals surface area contributed by atoms with Gasteiger partial charge >= 0.3 is 0 Å². The first-order valence-corrected chi connectivity index (χ1v) is 7.90. The third kappa shape index (κ3) is 3.59. The summed E-state index contributed by atoms with van der Waals surface area (Å²) >= 11 is 3.57. The van der Waals surface area contributed by atoms with Crippen LogP contribution in [0, 0.1) is 5.92 Å². The van der Waals surface area contributed by atoms with Gasteiger partial charge in [-0.05, 0) is 41.6 Å². The average Bonchev–Trinajstić information content (AvgIpc) is 2.40. The van der Waals surface area contributed by atoms with E-state index < -0.39 is 0 Å². The minimum atomic E-state index is 0.587. The van der Waals surface area contributed by atoms with Crippen molar-refractivity contribution in [2.75, 3.05) is 23.8 Å². The number of nitrogens with zero attached hydrogens (tertiary/aromatic N) is 3. The molecule has 2 rings (SSSR count). The van der Waals surface area contributed by atoms with Crippen molar-refractivity contribution in [3.63, 3.8) is 0 Å². The highest BCUT2D eigenvalue weighted by molar-refractivity contribution is 9.10. The van der Waals surface area contributed by atoms with E-state index in [0.717, 1.165) is 22.8 Å². The molecule has 0 aliphatic heterocycles. The maximum absolute atomic E-state index is 4.62. The molecule has 1 N–H and O–H groups in total. The molecule has 1 aromatic heterocycles. The number of halogens is 1. The Morgan fingerprint density at radius 3 is 2.95 bits per heavy atom. The molecular weight excluding hydrogens is 304 g/mol. The quantitative estimate of drug-likeness (QED) is 0.916. The van der Waals surface area contributed by atoms with Gasteiger partial charge in [-0.25, -0.2) is 4.98 Å². The first-order valence-electron chi connectivity index (χ1n) is 7.11. The van der Waals surface area contributed by atoms with Crippen LogP contribution in [0.3, 0.4) is 0 Å². The van der Waals surface area contributed by atoms with Crippen molar-refractivity contribution in [2.45, 2.75) is 45.6 Å². The Labute approximate surface area is 124 Å². The second-order valence-electron chi connectivity index (χ2n) is 5.43. The monoisotopic (exact) mass is 326 g/mol. The molecule has 1 fully saturated rings. The lowest BCUT2D eigenvalue weighted by atomic mass is 9.86. The number of nitrogens with one attached hydrogen (secondary N) is 1. The van der Waals surface area contributed by atoms with E-state index in [2.05, 4.69) is 57.0 Å². The van der Waals surface area contributed by atoms with Gasteiger partial charge in [0.1, 0.15) is 5.82 Å². The van der Waals surface area contributed by atoms with Crippen molar-refractivity contribution in [1.29, 1.82) is 0 Å². The fraction of sp³-hybridized carbons (Fsp3) is 0.714. The van der Waals surface area contributed by atoms with Crippen LogP contribution >= 0.6 is 15.9 Å². The molecule has 0 radical (unpaired) electrons. The smallest absolute Gasteiger partial charge is 0.224 e. The lowest BCUT2D eigenvalue weighted by Crippen LogP contribution is -2.36. The molecule has 0 aromatic carbocycles. The van der Waals surface area contributed by atoms with Crippen LogP contribution in [-0.2, 0) is 0 Å². The molecule has 4 nitrogen and oxygen atoms in total. The summed E-state index contributed by atoms with van der Waals surface area (Å²) in [4.78, 5) is 11.2. The zero-order valence-corrected chi connectivity index (χ0v) is 13.6. The number of anilines is 2. The second-order valence-corrected chi connectivity index (χ2v) is 6.29. The number of hydrogen-bond donors (Lipinski definition) is 1. The Morgan fingerprint density at radius 2 is 2.26 bits per heavy atom. The van der Waals surface area contributed by atoms with Gasteiger partial charge in [-0.2, -0.15) is 4.98 Å². The predicted molar refractivity (Wildman–Crippen MR) is 83.7 cm³/mol. The zero-order chi connectivity index (χ0) is 13.8. The number of aromatic nitrogens is 2. The summed E-state index contributed by atoms with van der Waals surface area (Å²) in [7, 11) is 2.14. The third-order valence-corrected chi connectivity index (χ3v) is 4.41. The molecule has 1 heterocycles. The normalized spacial score (nSPS) is 23.2. The number of rotatable bonds is 4. The Balaban J connectivity index is 2.17. The summed E-state index contributed by atoms with van der Waals surface area (Å²) in [5.74, 6) is 2.51. The van der Waals surface area contributed by atoms with Crippen molar-refractivity contribution in [2.24, 2.45) is 5.92 Å². The fourth-order valence-electron chi connectivity index (χ4n) is 2.78. The molecule has 2 unspecified atom stereocenters.